The van der Waals surface area contributed by atoms with Crippen molar-refractivity contribution < 1.29 is 23.8 Å². The van der Waals surface area contributed by atoms with Gasteiger partial charge in [-0.05, 0) is 62.2 Å². The van der Waals surface area contributed by atoms with Crippen LogP contribution in [0.25, 0.3) is 5.76 Å². The number of hydrogen-bond donors (Lipinski definition) is 1. The molecule has 0 bridgehead atoms. The number of anilines is 1. The molecule has 1 fully saturated rings. The van der Waals surface area contributed by atoms with Crippen LogP contribution in [0.2, 0.25) is 10.0 Å². The molecule has 2 aromatic carbocycles. The molecule has 1 aliphatic rings. The lowest BCUT2D eigenvalue weighted by molar-refractivity contribution is -0.132. The molecule has 6 nitrogen and oxygen atoms in total. The van der Waals surface area contributed by atoms with Crippen molar-refractivity contribution in [1.82, 2.24) is 0 Å². The van der Waals surface area contributed by atoms with Crippen LogP contribution in [0.15, 0.2) is 52.5 Å². The number of aliphatic hydroxyl groups excluding tert-OH is 1. The zero-order valence-electron chi connectivity index (χ0n) is 18.4. The molecule has 1 N–H and O–H groups in total. The number of ketones is 1. The number of rotatable bonds is 4. The number of aliphatic hydroxyl groups is 1. The van der Waals surface area contributed by atoms with Crippen LogP contribution in [-0.2, 0) is 9.59 Å². The molecular weight excluding hydrogens is 465 g/mol. The Bertz CT molecular complexity index is 1300. The summed E-state index contributed by atoms with van der Waals surface area (Å²) in [7, 11) is 1.42. The third kappa shape index (κ3) is 3.79. The number of amides is 1. The summed E-state index contributed by atoms with van der Waals surface area (Å²) in [6.07, 6.45) is 0. The summed E-state index contributed by atoms with van der Waals surface area (Å²) >= 11 is 12.5. The van der Waals surface area contributed by atoms with Gasteiger partial charge >= 0.3 is 0 Å². The fourth-order valence-electron chi connectivity index (χ4n) is 3.99. The molecule has 0 aliphatic carbocycles. The van der Waals surface area contributed by atoms with Crippen LogP contribution in [0.1, 0.15) is 34.3 Å². The first kappa shape index (κ1) is 23.0. The zero-order valence-corrected chi connectivity index (χ0v) is 19.9. The minimum absolute atomic E-state index is 0.118. The fraction of sp³-hybridized carbons (Fsp3) is 0.200. The Morgan fingerprint density at radius 2 is 1.73 bits per heavy atom. The van der Waals surface area contributed by atoms with E-state index in [-0.39, 0.29) is 26.9 Å². The number of Topliss-reactive ketones (excluding diaryl/α,β-unsaturated/α-hetero) is 1. The fourth-order valence-corrected chi connectivity index (χ4v) is 4.64. The molecule has 1 saturated heterocycles. The van der Waals surface area contributed by atoms with E-state index in [0.29, 0.717) is 17.2 Å². The lowest BCUT2D eigenvalue weighted by atomic mass is 9.98. The molecule has 4 rings (SSSR count). The van der Waals surface area contributed by atoms with Gasteiger partial charge in [-0.3, -0.25) is 14.5 Å². The molecule has 0 spiro atoms. The second-order valence-corrected chi connectivity index (χ2v) is 8.62. The first-order valence-electron chi connectivity index (χ1n) is 10.1. The molecule has 2 heterocycles. The third-order valence-corrected chi connectivity index (χ3v) is 6.35. The molecular formula is C25H21Cl2NO5. The van der Waals surface area contributed by atoms with Gasteiger partial charge in [0, 0.05) is 11.3 Å². The SMILES string of the molecule is COc1c(Cl)cc(/C(O)=C2/C(=O)C(=O)N(c3cccc(C)c3C)C2c2ccc(C)o2)cc1Cl. The van der Waals surface area contributed by atoms with E-state index < -0.39 is 23.5 Å². The number of carbonyl (C=O) groups is 2. The average Bonchev–Trinajstić information content (AvgIpc) is 3.30. The van der Waals surface area contributed by atoms with Gasteiger partial charge < -0.3 is 14.3 Å². The Labute approximate surface area is 201 Å². The van der Waals surface area contributed by atoms with Crippen molar-refractivity contribution in [3.63, 3.8) is 0 Å². The second kappa shape index (κ2) is 8.61. The van der Waals surface area contributed by atoms with E-state index in [0.717, 1.165) is 11.1 Å². The van der Waals surface area contributed by atoms with Crippen LogP contribution >= 0.6 is 23.2 Å². The van der Waals surface area contributed by atoms with Crippen molar-refractivity contribution in [1.29, 1.82) is 0 Å². The topological polar surface area (TPSA) is 80.0 Å². The first-order valence-corrected chi connectivity index (χ1v) is 10.9. The van der Waals surface area contributed by atoms with Crippen molar-refractivity contribution in [3.8, 4) is 5.75 Å². The van der Waals surface area contributed by atoms with Crippen LogP contribution in [0, 0.1) is 20.8 Å². The van der Waals surface area contributed by atoms with Gasteiger partial charge in [0.25, 0.3) is 11.7 Å². The smallest absolute Gasteiger partial charge is 0.300 e. The van der Waals surface area contributed by atoms with Gasteiger partial charge in [-0.15, -0.1) is 0 Å². The standard InChI is InChI=1S/C25H21Cl2NO5/c1-12-6-5-7-18(14(12)3)28-21(19-9-8-13(2)33-19)20(23(30)25(28)31)22(29)15-10-16(26)24(32-4)17(27)11-15/h5-11,21,29H,1-4H3/b22-20-. The van der Waals surface area contributed by atoms with Crippen LogP contribution < -0.4 is 9.64 Å². The van der Waals surface area contributed by atoms with E-state index in [1.807, 2.05) is 26.0 Å². The van der Waals surface area contributed by atoms with Gasteiger partial charge in [-0.1, -0.05) is 35.3 Å². The molecule has 0 saturated carbocycles. The molecule has 0 radical (unpaired) electrons. The molecule has 1 atom stereocenters. The quantitative estimate of drug-likeness (QED) is 0.272. The van der Waals surface area contributed by atoms with E-state index in [1.165, 1.54) is 24.1 Å². The highest BCUT2D eigenvalue weighted by molar-refractivity contribution is 6.52. The summed E-state index contributed by atoms with van der Waals surface area (Å²) in [4.78, 5) is 27.9. The third-order valence-electron chi connectivity index (χ3n) is 5.79. The van der Waals surface area contributed by atoms with Crippen LogP contribution in [0.5, 0.6) is 5.75 Å². The van der Waals surface area contributed by atoms with Crippen molar-refractivity contribution in [2.45, 2.75) is 26.8 Å². The Morgan fingerprint density at radius 3 is 2.30 bits per heavy atom. The number of benzene rings is 2. The number of ether oxygens (including phenoxy) is 1. The summed E-state index contributed by atoms with van der Waals surface area (Å²) < 4.78 is 11.0. The van der Waals surface area contributed by atoms with E-state index in [9.17, 15) is 14.7 Å². The Balaban J connectivity index is 1.98. The van der Waals surface area contributed by atoms with Gasteiger partial charge in [0.15, 0.2) is 5.75 Å². The maximum absolute atomic E-state index is 13.3. The van der Waals surface area contributed by atoms with Crippen molar-refractivity contribution in [2.75, 3.05) is 12.0 Å². The predicted molar refractivity (Wildman–Crippen MR) is 127 cm³/mol. The highest BCUT2D eigenvalue weighted by Crippen LogP contribution is 2.45. The first-order chi connectivity index (χ1) is 15.6. The van der Waals surface area contributed by atoms with Gasteiger partial charge in [-0.2, -0.15) is 0 Å². The molecule has 33 heavy (non-hydrogen) atoms. The van der Waals surface area contributed by atoms with E-state index >= 15 is 0 Å². The van der Waals surface area contributed by atoms with E-state index in [4.69, 9.17) is 32.4 Å². The van der Waals surface area contributed by atoms with Gasteiger partial charge in [-0.25, -0.2) is 0 Å². The maximum Gasteiger partial charge on any atom is 0.300 e. The molecule has 1 aliphatic heterocycles. The van der Waals surface area contributed by atoms with E-state index in [2.05, 4.69) is 0 Å². The second-order valence-electron chi connectivity index (χ2n) is 7.81. The minimum Gasteiger partial charge on any atom is -0.507 e. The Morgan fingerprint density at radius 1 is 1.06 bits per heavy atom. The summed E-state index contributed by atoms with van der Waals surface area (Å²) in [6, 6.07) is 10.8. The lowest BCUT2D eigenvalue weighted by Gasteiger charge is -2.25. The average molecular weight is 486 g/mol. The predicted octanol–water partition coefficient (Wildman–Crippen LogP) is 6.15. The highest BCUT2D eigenvalue weighted by atomic mass is 35.5. The number of carbonyl (C=O) groups excluding carboxylic acids is 2. The van der Waals surface area contributed by atoms with Gasteiger partial charge in [0.2, 0.25) is 0 Å². The number of aryl methyl sites for hydroxylation is 2. The number of nitrogens with zero attached hydrogens (tertiary/aromatic N) is 1. The van der Waals surface area contributed by atoms with Crippen LogP contribution in [-0.4, -0.2) is 23.9 Å². The highest BCUT2D eigenvalue weighted by Gasteiger charge is 2.49. The molecule has 3 aromatic rings. The largest absolute Gasteiger partial charge is 0.507 e. The van der Waals surface area contributed by atoms with Crippen LogP contribution in [0.4, 0.5) is 5.69 Å². The summed E-state index contributed by atoms with van der Waals surface area (Å²) in [5.41, 5.74) is 2.41. The summed E-state index contributed by atoms with van der Waals surface area (Å²) in [5.74, 6) is -0.826. The Hall–Kier alpha value is -3.22. The summed E-state index contributed by atoms with van der Waals surface area (Å²) in [6.45, 7) is 5.55. The normalized spacial score (nSPS) is 17.6. The zero-order chi connectivity index (χ0) is 24.0. The molecule has 1 aromatic heterocycles. The Kier molecular flexibility index (Phi) is 5.99. The number of halogens is 2. The van der Waals surface area contributed by atoms with Crippen molar-refractivity contribution in [2.24, 2.45) is 0 Å². The monoisotopic (exact) mass is 485 g/mol. The van der Waals surface area contributed by atoms with Crippen LogP contribution in [0.3, 0.4) is 0 Å². The minimum atomic E-state index is -0.973. The number of hydrogen-bond acceptors (Lipinski definition) is 5. The molecule has 1 amide bonds. The number of furan rings is 1. The molecule has 170 valence electrons. The molecule has 8 heteroatoms. The summed E-state index contributed by atoms with van der Waals surface area (Å²) in [5, 5.41) is 11.5. The number of methoxy groups -OCH3 is 1. The molecule has 1 unspecified atom stereocenters. The van der Waals surface area contributed by atoms with Gasteiger partial charge in [0.05, 0.1) is 22.7 Å². The maximum atomic E-state index is 13.3. The van der Waals surface area contributed by atoms with Crippen molar-refractivity contribution in [3.05, 3.63) is 86.3 Å². The van der Waals surface area contributed by atoms with Crippen molar-refractivity contribution >= 4 is 46.3 Å². The van der Waals surface area contributed by atoms with Gasteiger partial charge in [0.1, 0.15) is 23.3 Å². The lowest BCUT2D eigenvalue weighted by Crippen LogP contribution is -2.30. The van der Waals surface area contributed by atoms with E-state index in [1.54, 1.807) is 25.1 Å².